The van der Waals surface area contributed by atoms with Crippen LogP contribution in [0.25, 0.3) is 0 Å². The van der Waals surface area contributed by atoms with E-state index in [9.17, 15) is 8.42 Å². The third-order valence-corrected chi connectivity index (χ3v) is 3.94. The van der Waals surface area contributed by atoms with Crippen molar-refractivity contribution in [3.63, 3.8) is 0 Å². The zero-order valence-electron chi connectivity index (χ0n) is 9.34. The minimum absolute atomic E-state index is 0.0288. The Morgan fingerprint density at radius 2 is 2.18 bits per heavy atom. The maximum Gasteiger partial charge on any atom is 0.242 e. The van der Waals surface area contributed by atoms with Gasteiger partial charge >= 0.3 is 0 Å². The molecule has 0 aromatic heterocycles. The quantitative estimate of drug-likeness (QED) is 0.739. The van der Waals surface area contributed by atoms with Crippen LogP contribution in [-0.4, -0.2) is 34.8 Å². The van der Waals surface area contributed by atoms with Gasteiger partial charge < -0.3 is 15.2 Å². The number of ether oxygens (including phenoxy) is 2. The van der Waals surface area contributed by atoms with E-state index >= 15 is 0 Å². The van der Waals surface area contributed by atoms with E-state index < -0.39 is 10.0 Å². The Bertz CT molecular complexity index is 511. The first-order valence-corrected chi connectivity index (χ1v) is 6.59. The van der Waals surface area contributed by atoms with Crippen LogP contribution in [0.3, 0.4) is 0 Å². The van der Waals surface area contributed by atoms with Crippen molar-refractivity contribution in [1.29, 1.82) is 0 Å². The molecule has 0 amide bonds. The lowest BCUT2D eigenvalue weighted by Gasteiger charge is -2.26. The van der Waals surface area contributed by atoms with Crippen molar-refractivity contribution >= 4 is 15.7 Å². The molecule has 0 unspecified atom stereocenters. The number of hydrogen-bond donors (Lipinski definition) is 2. The highest BCUT2D eigenvalue weighted by molar-refractivity contribution is 7.89. The fraction of sp³-hybridized carbons (Fsp3) is 0.400. The predicted molar refractivity (Wildman–Crippen MR) is 62.3 cm³/mol. The van der Waals surface area contributed by atoms with Crippen molar-refractivity contribution in [1.82, 2.24) is 4.72 Å². The summed E-state index contributed by atoms with van der Waals surface area (Å²) in [6, 6.07) is 4.51. The molecule has 0 bridgehead atoms. The van der Waals surface area contributed by atoms with E-state index in [1.165, 1.54) is 19.2 Å². The summed E-state index contributed by atoms with van der Waals surface area (Å²) in [5.41, 5.74) is 5.85. The molecular weight excluding hydrogens is 244 g/mol. The van der Waals surface area contributed by atoms with Crippen LogP contribution in [0, 0.1) is 0 Å². The molecule has 1 aromatic carbocycles. The van der Waals surface area contributed by atoms with Gasteiger partial charge in [-0.3, -0.25) is 0 Å². The third-order valence-electron chi connectivity index (χ3n) is 2.45. The van der Waals surface area contributed by atoms with Crippen molar-refractivity contribution in [2.45, 2.75) is 11.0 Å². The molecule has 2 rings (SSSR count). The Morgan fingerprint density at radius 3 is 2.65 bits per heavy atom. The summed E-state index contributed by atoms with van der Waals surface area (Å²) in [7, 11) is -2.18. The van der Waals surface area contributed by atoms with Crippen molar-refractivity contribution in [3.8, 4) is 5.75 Å². The minimum atomic E-state index is -3.52. The Hall–Kier alpha value is -1.31. The number of nitrogens with two attached hydrogens (primary N) is 1. The second-order valence-electron chi connectivity index (χ2n) is 3.68. The molecule has 3 N–H and O–H groups in total. The average molecular weight is 258 g/mol. The van der Waals surface area contributed by atoms with Crippen LogP contribution in [0.2, 0.25) is 0 Å². The first kappa shape index (κ1) is 12.2. The Balaban J connectivity index is 2.22. The van der Waals surface area contributed by atoms with Gasteiger partial charge in [0.25, 0.3) is 0 Å². The minimum Gasteiger partial charge on any atom is -0.486 e. The number of anilines is 1. The van der Waals surface area contributed by atoms with Crippen LogP contribution in [0.15, 0.2) is 23.1 Å². The largest absolute Gasteiger partial charge is 0.486 e. The summed E-state index contributed by atoms with van der Waals surface area (Å²) in [5.74, 6) is 0.547. The van der Waals surface area contributed by atoms with Crippen molar-refractivity contribution < 1.29 is 17.9 Å². The lowest BCUT2D eigenvalue weighted by molar-refractivity contribution is -0.0796. The highest BCUT2D eigenvalue weighted by Gasteiger charge is 2.21. The van der Waals surface area contributed by atoms with Crippen LogP contribution in [0.1, 0.15) is 0 Å². The molecule has 1 fully saturated rings. The van der Waals surface area contributed by atoms with E-state index in [1.807, 2.05) is 0 Å². The molecule has 1 saturated heterocycles. The zero-order chi connectivity index (χ0) is 12.5. The molecule has 0 atom stereocenters. The molecule has 0 spiro atoms. The van der Waals surface area contributed by atoms with Crippen LogP contribution in [0.4, 0.5) is 5.69 Å². The van der Waals surface area contributed by atoms with E-state index in [0.29, 0.717) is 19.0 Å². The topological polar surface area (TPSA) is 90.7 Å². The monoisotopic (exact) mass is 258 g/mol. The van der Waals surface area contributed by atoms with E-state index in [0.717, 1.165) is 0 Å². The Kier molecular flexibility index (Phi) is 3.23. The van der Waals surface area contributed by atoms with Gasteiger partial charge in [-0.25, -0.2) is 13.1 Å². The van der Waals surface area contributed by atoms with Crippen molar-refractivity contribution in [2.75, 3.05) is 26.0 Å². The van der Waals surface area contributed by atoms with Gasteiger partial charge in [0.2, 0.25) is 10.0 Å². The predicted octanol–water partition coefficient (Wildman–Crippen LogP) is -0.0455. The van der Waals surface area contributed by atoms with E-state index in [2.05, 4.69) is 4.72 Å². The molecule has 1 aliphatic rings. The van der Waals surface area contributed by atoms with Crippen molar-refractivity contribution in [2.24, 2.45) is 0 Å². The van der Waals surface area contributed by atoms with Gasteiger partial charge in [0, 0.05) is 6.07 Å². The lowest BCUT2D eigenvalue weighted by atomic mass is 10.3. The van der Waals surface area contributed by atoms with Crippen LogP contribution in [-0.2, 0) is 14.8 Å². The van der Waals surface area contributed by atoms with Gasteiger partial charge in [0.15, 0.2) is 0 Å². The molecule has 0 saturated carbocycles. The number of nitrogens with one attached hydrogen (secondary N) is 1. The summed E-state index contributed by atoms with van der Waals surface area (Å²) in [6.07, 6.45) is 0.0288. The Morgan fingerprint density at radius 1 is 1.47 bits per heavy atom. The van der Waals surface area contributed by atoms with Crippen LogP contribution in [0.5, 0.6) is 5.75 Å². The Labute approximate surface area is 99.8 Å². The van der Waals surface area contributed by atoms with Crippen molar-refractivity contribution in [3.05, 3.63) is 18.2 Å². The summed E-state index contributed by atoms with van der Waals surface area (Å²) < 4.78 is 35.8. The van der Waals surface area contributed by atoms with Gasteiger partial charge in [0.1, 0.15) is 16.7 Å². The fourth-order valence-electron chi connectivity index (χ4n) is 1.43. The molecular formula is C10H14N2O4S. The summed E-state index contributed by atoms with van der Waals surface area (Å²) in [6.45, 7) is 1.10. The molecule has 0 aliphatic carbocycles. The average Bonchev–Trinajstić information content (AvgIpc) is 2.23. The zero-order valence-corrected chi connectivity index (χ0v) is 10.2. The molecule has 6 nitrogen and oxygen atoms in total. The molecule has 1 aromatic rings. The molecule has 17 heavy (non-hydrogen) atoms. The summed E-state index contributed by atoms with van der Waals surface area (Å²) in [4.78, 5) is 0.0530. The van der Waals surface area contributed by atoms with Gasteiger partial charge in [-0.1, -0.05) is 0 Å². The number of benzene rings is 1. The number of hydrogen-bond acceptors (Lipinski definition) is 5. The van der Waals surface area contributed by atoms with E-state index in [4.69, 9.17) is 15.2 Å². The molecule has 7 heteroatoms. The van der Waals surface area contributed by atoms with Gasteiger partial charge in [0.05, 0.1) is 18.9 Å². The number of nitrogen functional groups attached to an aromatic ring is 1. The number of rotatable bonds is 4. The van der Waals surface area contributed by atoms with Crippen LogP contribution < -0.4 is 15.2 Å². The molecule has 1 aliphatic heterocycles. The van der Waals surface area contributed by atoms with Gasteiger partial charge in [-0.05, 0) is 19.2 Å². The second-order valence-corrected chi connectivity index (χ2v) is 5.54. The summed E-state index contributed by atoms with van der Waals surface area (Å²) >= 11 is 0. The van der Waals surface area contributed by atoms with E-state index in [-0.39, 0.29) is 16.7 Å². The normalized spacial score (nSPS) is 16.5. The molecule has 1 heterocycles. The van der Waals surface area contributed by atoms with Gasteiger partial charge in [-0.15, -0.1) is 0 Å². The lowest BCUT2D eigenvalue weighted by Crippen LogP contribution is -2.38. The highest BCUT2D eigenvalue weighted by Crippen LogP contribution is 2.25. The first-order valence-electron chi connectivity index (χ1n) is 5.10. The molecule has 94 valence electrons. The standard InChI is InChI=1S/C10H14N2O4S/c1-12-17(13,14)10-3-2-7(4-9(10)11)16-8-5-15-6-8/h2-4,8,12H,5-6,11H2,1H3. The van der Waals surface area contributed by atoms with Crippen LogP contribution >= 0.6 is 0 Å². The maximum atomic E-state index is 11.6. The SMILES string of the molecule is CNS(=O)(=O)c1ccc(OC2COC2)cc1N. The number of sulfonamides is 1. The van der Waals surface area contributed by atoms with E-state index in [1.54, 1.807) is 6.07 Å². The second kappa shape index (κ2) is 4.52. The maximum absolute atomic E-state index is 11.6. The fourth-order valence-corrected chi connectivity index (χ4v) is 2.27. The van der Waals surface area contributed by atoms with Gasteiger partial charge in [-0.2, -0.15) is 0 Å². The smallest absolute Gasteiger partial charge is 0.242 e. The molecule has 0 radical (unpaired) electrons. The summed E-state index contributed by atoms with van der Waals surface area (Å²) in [5, 5.41) is 0. The highest BCUT2D eigenvalue weighted by atomic mass is 32.2. The first-order chi connectivity index (χ1) is 8.03. The third kappa shape index (κ3) is 2.51.